The van der Waals surface area contributed by atoms with Crippen LogP contribution in [0.1, 0.15) is 24.8 Å². The van der Waals surface area contributed by atoms with Crippen LogP contribution < -0.4 is 0 Å². The fourth-order valence-corrected chi connectivity index (χ4v) is 2.87. The summed E-state index contributed by atoms with van der Waals surface area (Å²) in [5, 5.41) is 0. The van der Waals surface area contributed by atoms with E-state index in [-0.39, 0.29) is 0 Å². The Hall–Kier alpha value is -1.08. The van der Waals surface area contributed by atoms with E-state index in [1.807, 2.05) is 0 Å². The monoisotopic (exact) mass is 216 g/mol. The predicted molar refractivity (Wildman–Crippen MR) is 69.0 cm³/mol. The zero-order chi connectivity index (χ0) is 11.4. The summed E-state index contributed by atoms with van der Waals surface area (Å²) in [6.45, 7) is 6.43. The van der Waals surface area contributed by atoms with Crippen molar-refractivity contribution in [3.8, 4) is 0 Å². The number of hydrogen-bond donors (Lipinski definition) is 0. The van der Waals surface area contributed by atoms with Crippen LogP contribution in [0.2, 0.25) is 0 Å². The topological polar surface area (TPSA) is 0 Å². The Kier molecular flexibility index (Phi) is 3.45. The summed E-state index contributed by atoms with van der Waals surface area (Å²) < 4.78 is 1.13. The summed E-state index contributed by atoms with van der Waals surface area (Å²) in [4.78, 5) is 0. The van der Waals surface area contributed by atoms with Gasteiger partial charge in [-0.25, -0.2) is 0 Å². The van der Waals surface area contributed by atoms with Gasteiger partial charge in [-0.3, -0.25) is 0 Å². The lowest BCUT2D eigenvalue weighted by atomic mass is 9.98. The van der Waals surface area contributed by atoms with Gasteiger partial charge in [0.25, 0.3) is 0 Å². The molecule has 1 aliphatic rings. The van der Waals surface area contributed by atoms with E-state index in [0.29, 0.717) is 6.04 Å². The van der Waals surface area contributed by atoms with Gasteiger partial charge in [0.05, 0.1) is 13.6 Å². The van der Waals surface area contributed by atoms with Crippen LogP contribution in [0.4, 0.5) is 0 Å². The van der Waals surface area contributed by atoms with Crippen molar-refractivity contribution in [1.82, 2.24) is 0 Å². The third-order valence-corrected chi connectivity index (χ3v) is 3.88. The zero-order valence-corrected chi connectivity index (χ0v) is 10.2. The third kappa shape index (κ3) is 2.35. The van der Waals surface area contributed by atoms with Crippen LogP contribution in [-0.4, -0.2) is 24.1 Å². The van der Waals surface area contributed by atoms with Crippen LogP contribution >= 0.6 is 0 Å². The van der Waals surface area contributed by atoms with Crippen molar-refractivity contribution in [3.05, 3.63) is 48.6 Å². The molecule has 0 bridgehead atoms. The number of likely N-dealkylation sites (N-methyl/N-ethyl adjacent to an activating group) is 1. The minimum atomic E-state index is 0.633. The molecular weight excluding hydrogens is 194 g/mol. The molecule has 1 nitrogen and oxygen atoms in total. The van der Waals surface area contributed by atoms with Gasteiger partial charge in [0.2, 0.25) is 0 Å². The van der Waals surface area contributed by atoms with Gasteiger partial charge in [-0.05, 0) is 18.9 Å². The second-order valence-electron chi connectivity index (χ2n) is 5.15. The number of rotatable bonds is 3. The van der Waals surface area contributed by atoms with Gasteiger partial charge in [-0.2, -0.15) is 0 Å². The Morgan fingerprint density at radius 2 is 2.06 bits per heavy atom. The Morgan fingerprint density at radius 3 is 2.75 bits per heavy atom. The highest BCUT2D eigenvalue weighted by molar-refractivity contribution is 5.13. The summed E-state index contributed by atoms with van der Waals surface area (Å²) in [5.41, 5.74) is 1.44. The van der Waals surface area contributed by atoms with E-state index < -0.39 is 0 Å². The standard InChI is InChI=1S/C15H22N/c1-3-15-11-7-8-12-16(15,2)13-14-9-5-4-6-10-14/h3-6,9-10,15H,1,7-8,11-13H2,2H3/q+1/t15-,16?/m0/s1. The van der Waals surface area contributed by atoms with Crippen molar-refractivity contribution in [3.63, 3.8) is 0 Å². The largest absolute Gasteiger partial charge is 0.317 e. The van der Waals surface area contributed by atoms with Crippen LogP contribution in [0.5, 0.6) is 0 Å². The highest BCUT2D eigenvalue weighted by Crippen LogP contribution is 2.27. The molecule has 2 rings (SSSR count). The number of quaternary nitrogens is 1. The minimum absolute atomic E-state index is 0.633. The lowest BCUT2D eigenvalue weighted by molar-refractivity contribution is -0.944. The molecule has 1 aromatic rings. The van der Waals surface area contributed by atoms with Crippen LogP contribution in [0.3, 0.4) is 0 Å². The lowest BCUT2D eigenvalue weighted by Gasteiger charge is -2.43. The average molecular weight is 216 g/mol. The molecule has 0 amide bonds. The smallest absolute Gasteiger partial charge is 0.107 e. The van der Waals surface area contributed by atoms with E-state index in [9.17, 15) is 0 Å². The van der Waals surface area contributed by atoms with E-state index >= 15 is 0 Å². The van der Waals surface area contributed by atoms with Gasteiger partial charge in [-0.15, -0.1) is 0 Å². The Labute approximate surface area is 99.0 Å². The van der Waals surface area contributed by atoms with Crippen molar-refractivity contribution >= 4 is 0 Å². The summed E-state index contributed by atoms with van der Waals surface area (Å²) >= 11 is 0. The Balaban J connectivity index is 2.14. The normalized spacial score (nSPS) is 29.9. The van der Waals surface area contributed by atoms with Crippen molar-refractivity contribution in [1.29, 1.82) is 0 Å². The first-order valence-corrected chi connectivity index (χ1v) is 6.25. The molecule has 0 N–H and O–H groups in total. The highest BCUT2D eigenvalue weighted by Gasteiger charge is 2.33. The van der Waals surface area contributed by atoms with Crippen molar-refractivity contribution in [2.24, 2.45) is 0 Å². The summed E-state index contributed by atoms with van der Waals surface area (Å²) in [7, 11) is 2.37. The number of likely N-dealkylation sites (tertiary alicyclic amines) is 1. The highest BCUT2D eigenvalue weighted by atomic mass is 15.4. The van der Waals surface area contributed by atoms with Gasteiger partial charge in [-0.1, -0.05) is 36.9 Å². The SMILES string of the molecule is C=C[C@H]1CCCC[N+]1(C)Cc1ccccc1. The molecule has 0 aliphatic carbocycles. The molecule has 0 saturated carbocycles. The molecule has 1 unspecified atom stereocenters. The van der Waals surface area contributed by atoms with Crippen LogP contribution in [0.25, 0.3) is 0 Å². The zero-order valence-electron chi connectivity index (χ0n) is 10.2. The van der Waals surface area contributed by atoms with Gasteiger partial charge in [0, 0.05) is 12.0 Å². The lowest BCUT2D eigenvalue weighted by Crippen LogP contribution is -2.53. The van der Waals surface area contributed by atoms with Gasteiger partial charge in [0.15, 0.2) is 0 Å². The summed E-state index contributed by atoms with van der Waals surface area (Å²) in [5.74, 6) is 0. The fourth-order valence-electron chi connectivity index (χ4n) is 2.87. The van der Waals surface area contributed by atoms with Crippen LogP contribution in [-0.2, 0) is 6.54 Å². The molecule has 1 saturated heterocycles. The van der Waals surface area contributed by atoms with Crippen molar-refractivity contribution in [2.45, 2.75) is 31.8 Å². The maximum Gasteiger partial charge on any atom is 0.107 e. The molecule has 1 heteroatoms. The molecule has 0 aromatic heterocycles. The fraction of sp³-hybridized carbons (Fsp3) is 0.467. The number of nitrogens with zero attached hydrogens (tertiary/aromatic N) is 1. The summed E-state index contributed by atoms with van der Waals surface area (Å²) in [6.07, 6.45) is 6.17. The number of benzene rings is 1. The minimum Gasteiger partial charge on any atom is -0.317 e. The maximum atomic E-state index is 4.01. The van der Waals surface area contributed by atoms with Gasteiger partial charge in [0.1, 0.15) is 12.6 Å². The van der Waals surface area contributed by atoms with E-state index in [1.165, 1.54) is 31.4 Å². The molecule has 1 fully saturated rings. The maximum absolute atomic E-state index is 4.01. The van der Waals surface area contributed by atoms with Crippen LogP contribution in [0, 0.1) is 0 Å². The predicted octanol–water partition coefficient (Wildman–Crippen LogP) is 3.37. The number of hydrogen-bond acceptors (Lipinski definition) is 0. The van der Waals surface area contributed by atoms with Crippen molar-refractivity contribution in [2.75, 3.05) is 13.6 Å². The molecular formula is C15H22N+. The molecule has 16 heavy (non-hydrogen) atoms. The van der Waals surface area contributed by atoms with Gasteiger partial charge >= 0.3 is 0 Å². The molecule has 1 heterocycles. The Morgan fingerprint density at radius 1 is 1.31 bits per heavy atom. The van der Waals surface area contributed by atoms with Crippen molar-refractivity contribution < 1.29 is 4.48 Å². The Bertz CT molecular complexity index is 344. The first-order valence-electron chi connectivity index (χ1n) is 6.25. The average Bonchev–Trinajstić information content (AvgIpc) is 2.30. The quantitative estimate of drug-likeness (QED) is 0.537. The third-order valence-electron chi connectivity index (χ3n) is 3.88. The van der Waals surface area contributed by atoms with E-state index in [2.05, 4.69) is 50.0 Å². The summed E-state index contributed by atoms with van der Waals surface area (Å²) in [6, 6.07) is 11.5. The van der Waals surface area contributed by atoms with E-state index in [0.717, 1.165) is 11.0 Å². The van der Waals surface area contributed by atoms with Crippen LogP contribution in [0.15, 0.2) is 43.0 Å². The molecule has 1 aliphatic heterocycles. The molecule has 1 aromatic carbocycles. The van der Waals surface area contributed by atoms with Gasteiger partial charge < -0.3 is 4.48 Å². The molecule has 0 spiro atoms. The molecule has 86 valence electrons. The molecule has 0 radical (unpaired) electrons. The number of piperidine rings is 1. The first-order chi connectivity index (χ1) is 7.74. The second kappa shape index (κ2) is 4.84. The molecule has 2 atom stereocenters. The second-order valence-corrected chi connectivity index (χ2v) is 5.15. The van der Waals surface area contributed by atoms with E-state index in [4.69, 9.17) is 0 Å². The first kappa shape index (κ1) is 11.4. The van der Waals surface area contributed by atoms with E-state index in [1.54, 1.807) is 0 Å².